The standard InChI is InChI=1S/C22H30N4O3S/c1-15(2)21(3,26-20-28-14-29-20)19(27)23-11-7-10-22(13-30-22)18-24-12-17(25-18)16-8-5-4-6-9-16/h4-6,8-9,12,15,20,26H,7,10-11,13-14H2,1-3H3,(H,23,27)(H,24,25)/t21-,22-/m1/s1. The third kappa shape index (κ3) is 4.42. The Kier molecular flexibility index (Phi) is 6.20. The predicted octanol–water partition coefficient (Wildman–Crippen LogP) is 3.21. The number of nitrogens with one attached hydrogen (secondary N) is 3. The van der Waals surface area contributed by atoms with Crippen molar-refractivity contribution in [2.75, 3.05) is 19.1 Å². The van der Waals surface area contributed by atoms with Crippen LogP contribution in [0.5, 0.6) is 0 Å². The van der Waals surface area contributed by atoms with Gasteiger partial charge in [0, 0.05) is 12.3 Å². The monoisotopic (exact) mass is 430 g/mol. The predicted molar refractivity (Wildman–Crippen MR) is 118 cm³/mol. The van der Waals surface area contributed by atoms with Crippen molar-refractivity contribution in [2.24, 2.45) is 5.92 Å². The molecular weight excluding hydrogens is 400 g/mol. The van der Waals surface area contributed by atoms with E-state index in [-0.39, 0.29) is 23.4 Å². The number of aromatic amines is 1. The molecule has 2 atom stereocenters. The number of thioether (sulfide) groups is 1. The number of aromatic nitrogens is 2. The quantitative estimate of drug-likeness (QED) is 0.396. The number of carbonyl (C=O) groups is 1. The topological polar surface area (TPSA) is 88.3 Å². The lowest BCUT2D eigenvalue weighted by Crippen LogP contribution is -2.64. The zero-order chi connectivity index (χ0) is 21.2. The Bertz CT molecular complexity index is 864. The summed E-state index contributed by atoms with van der Waals surface area (Å²) in [5.74, 6) is 2.16. The highest BCUT2D eigenvalue weighted by Crippen LogP contribution is 2.55. The number of benzene rings is 1. The molecule has 0 unspecified atom stereocenters. The van der Waals surface area contributed by atoms with Gasteiger partial charge in [-0.1, -0.05) is 44.2 Å². The second kappa shape index (κ2) is 8.70. The summed E-state index contributed by atoms with van der Waals surface area (Å²) in [4.78, 5) is 21.0. The van der Waals surface area contributed by atoms with Crippen LogP contribution < -0.4 is 10.6 Å². The van der Waals surface area contributed by atoms with Crippen LogP contribution in [0.15, 0.2) is 36.5 Å². The number of carbonyl (C=O) groups excluding carboxylic acids is 1. The van der Waals surface area contributed by atoms with Gasteiger partial charge in [0.2, 0.25) is 12.3 Å². The lowest BCUT2D eigenvalue weighted by atomic mass is 9.87. The van der Waals surface area contributed by atoms with Gasteiger partial charge in [0.25, 0.3) is 0 Å². The fourth-order valence-corrected chi connectivity index (χ4v) is 4.51. The Labute approximate surface area is 181 Å². The minimum Gasteiger partial charge on any atom is -0.354 e. The van der Waals surface area contributed by atoms with E-state index in [4.69, 9.17) is 9.47 Å². The minimum atomic E-state index is -0.747. The summed E-state index contributed by atoms with van der Waals surface area (Å²) in [6.07, 6.45) is 3.27. The summed E-state index contributed by atoms with van der Waals surface area (Å²) in [5, 5.41) is 6.26. The van der Waals surface area contributed by atoms with Crippen molar-refractivity contribution >= 4 is 17.7 Å². The molecule has 0 bridgehead atoms. The van der Waals surface area contributed by atoms with Gasteiger partial charge in [-0.3, -0.25) is 10.1 Å². The number of amides is 1. The highest BCUT2D eigenvalue weighted by molar-refractivity contribution is 8.07. The molecule has 0 spiro atoms. The Morgan fingerprint density at radius 1 is 1.37 bits per heavy atom. The molecule has 0 saturated carbocycles. The molecule has 2 aliphatic rings. The van der Waals surface area contributed by atoms with Crippen LogP contribution in [0, 0.1) is 5.92 Å². The van der Waals surface area contributed by atoms with Gasteiger partial charge in [-0.2, -0.15) is 0 Å². The van der Waals surface area contributed by atoms with Gasteiger partial charge < -0.3 is 19.8 Å². The Hall–Kier alpha value is -1.87. The lowest BCUT2D eigenvalue weighted by molar-refractivity contribution is -0.339. The van der Waals surface area contributed by atoms with Gasteiger partial charge in [-0.25, -0.2) is 4.98 Å². The summed E-state index contributed by atoms with van der Waals surface area (Å²) in [5.41, 5.74) is 1.44. The average molecular weight is 431 g/mol. The summed E-state index contributed by atoms with van der Waals surface area (Å²) in [7, 11) is 0. The molecule has 2 fully saturated rings. The molecule has 8 heteroatoms. The molecule has 3 N–H and O–H groups in total. The van der Waals surface area contributed by atoms with Gasteiger partial charge in [0.1, 0.15) is 11.4 Å². The minimum absolute atomic E-state index is 0.0292. The van der Waals surface area contributed by atoms with Gasteiger partial charge in [-0.05, 0) is 31.2 Å². The molecule has 4 rings (SSSR count). The second-order valence-corrected chi connectivity index (χ2v) is 9.80. The molecule has 162 valence electrons. The van der Waals surface area contributed by atoms with E-state index in [1.165, 1.54) is 0 Å². The summed E-state index contributed by atoms with van der Waals surface area (Å²) >= 11 is 1.91. The molecule has 0 aliphatic carbocycles. The van der Waals surface area contributed by atoms with Crippen molar-refractivity contribution in [3.63, 3.8) is 0 Å². The maximum absolute atomic E-state index is 12.8. The Morgan fingerprint density at radius 2 is 2.10 bits per heavy atom. The fourth-order valence-electron chi connectivity index (χ4n) is 3.52. The SMILES string of the molecule is CC(C)[C@@](C)(NC1OCO1)C(=O)NCCC[C@]1(c2ncc(-c3ccccc3)[nH]2)CS1. The largest absolute Gasteiger partial charge is 0.354 e. The van der Waals surface area contributed by atoms with Crippen molar-refractivity contribution < 1.29 is 14.3 Å². The number of rotatable bonds is 10. The number of ether oxygens (including phenoxy) is 2. The molecule has 7 nitrogen and oxygen atoms in total. The van der Waals surface area contributed by atoms with Crippen LogP contribution in [-0.4, -0.2) is 46.9 Å². The van der Waals surface area contributed by atoms with Crippen LogP contribution >= 0.6 is 11.8 Å². The number of nitrogens with zero attached hydrogens (tertiary/aromatic N) is 1. The van der Waals surface area contributed by atoms with Crippen LogP contribution in [0.25, 0.3) is 11.3 Å². The molecule has 2 aromatic rings. The van der Waals surface area contributed by atoms with Crippen molar-refractivity contribution in [1.82, 2.24) is 20.6 Å². The van der Waals surface area contributed by atoms with Crippen LogP contribution in [0.2, 0.25) is 0 Å². The van der Waals surface area contributed by atoms with Crippen LogP contribution in [-0.2, 0) is 19.0 Å². The molecule has 1 aromatic heterocycles. The van der Waals surface area contributed by atoms with Crippen LogP contribution in [0.3, 0.4) is 0 Å². The van der Waals surface area contributed by atoms with E-state index in [2.05, 4.69) is 32.7 Å². The van der Waals surface area contributed by atoms with Gasteiger partial charge >= 0.3 is 0 Å². The lowest BCUT2D eigenvalue weighted by Gasteiger charge is -2.39. The van der Waals surface area contributed by atoms with Crippen molar-refractivity contribution in [2.45, 2.75) is 50.3 Å². The molecular formula is C22H30N4O3S. The molecule has 2 saturated heterocycles. The first-order chi connectivity index (χ1) is 14.4. The van der Waals surface area contributed by atoms with E-state index in [1.54, 1.807) is 0 Å². The van der Waals surface area contributed by atoms with Gasteiger partial charge in [0.05, 0.1) is 16.6 Å². The normalized spacial score (nSPS) is 23.1. The Balaban J connectivity index is 1.29. The van der Waals surface area contributed by atoms with Crippen molar-refractivity contribution in [3.05, 3.63) is 42.4 Å². The zero-order valence-electron chi connectivity index (χ0n) is 17.7. The third-order valence-electron chi connectivity index (χ3n) is 6.11. The first kappa shape index (κ1) is 21.4. The number of hydrogen-bond donors (Lipinski definition) is 3. The van der Waals surface area contributed by atoms with E-state index >= 15 is 0 Å². The fraction of sp³-hybridized carbons (Fsp3) is 0.545. The van der Waals surface area contributed by atoms with E-state index < -0.39 is 12.0 Å². The maximum Gasteiger partial charge on any atom is 0.240 e. The van der Waals surface area contributed by atoms with E-state index in [1.807, 2.05) is 56.9 Å². The average Bonchev–Trinajstić information content (AvgIpc) is 3.33. The molecule has 2 aliphatic heterocycles. The number of H-pyrrole nitrogens is 1. The summed E-state index contributed by atoms with van der Waals surface area (Å²) in [6, 6.07) is 10.2. The van der Waals surface area contributed by atoms with Crippen LogP contribution in [0.1, 0.15) is 39.4 Å². The molecule has 30 heavy (non-hydrogen) atoms. The summed E-state index contributed by atoms with van der Waals surface area (Å²) in [6.45, 7) is 6.82. The first-order valence-electron chi connectivity index (χ1n) is 10.5. The van der Waals surface area contributed by atoms with E-state index in [0.29, 0.717) is 6.54 Å². The van der Waals surface area contributed by atoms with Gasteiger partial charge in [-0.15, -0.1) is 11.8 Å². The number of imidazole rings is 1. The number of hydrogen-bond acceptors (Lipinski definition) is 6. The third-order valence-corrected chi connectivity index (χ3v) is 7.49. The van der Waals surface area contributed by atoms with E-state index in [0.717, 1.165) is 35.7 Å². The second-order valence-electron chi connectivity index (χ2n) is 8.44. The molecule has 1 aromatic carbocycles. The highest BCUT2D eigenvalue weighted by atomic mass is 32.2. The molecule has 0 radical (unpaired) electrons. The van der Waals surface area contributed by atoms with Crippen molar-refractivity contribution in [3.8, 4) is 11.3 Å². The smallest absolute Gasteiger partial charge is 0.240 e. The Morgan fingerprint density at radius 3 is 2.70 bits per heavy atom. The molecule has 3 heterocycles. The summed E-state index contributed by atoms with van der Waals surface area (Å²) < 4.78 is 10.6. The first-order valence-corrected chi connectivity index (χ1v) is 11.5. The van der Waals surface area contributed by atoms with Gasteiger partial charge in [0.15, 0.2) is 6.79 Å². The molecule has 1 amide bonds. The maximum atomic E-state index is 12.8. The van der Waals surface area contributed by atoms with Crippen LogP contribution in [0.4, 0.5) is 0 Å². The van der Waals surface area contributed by atoms with Crippen molar-refractivity contribution in [1.29, 1.82) is 0 Å². The highest BCUT2D eigenvalue weighted by Gasteiger charge is 2.47. The van der Waals surface area contributed by atoms with E-state index in [9.17, 15) is 4.79 Å². The zero-order valence-corrected chi connectivity index (χ0v) is 18.6.